The van der Waals surface area contributed by atoms with Gasteiger partial charge in [0.2, 0.25) is 0 Å². The van der Waals surface area contributed by atoms with E-state index in [-0.39, 0.29) is 11.1 Å². The smallest absolute Gasteiger partial charge is 0.279 e. The normalized spacial score (nSPS) is 13.7. The number of imide groups is 1. The number of nitrogens with zero attached hydrogens (tertiary/aromatic N) is 1. The Hall–Kier alpha value is -3.68. The lowest BCUT2D eigenvalue weighted by atomic mass is 10.1. The predicted octanol–water partition coefficient (Wildman–Crippen LogP) is 1.51. The first kappa shape index (κ1) is 20.1. The number of hydrogen-bond acceptors (Lipinski definition) is 5. The molecule has 0 bridgehead atoms. The van der Waals surface area contributed by atoms with Crippen LogP contribution in [0.5, 0.6) is 5.75 Å². The van der Waals surface area contributed by atoms with Crippen molar-refractivity contribution >= 4 is 23.6 Å². The summed E-state index contributed by atoms with van der Waals surface area (Å²) < 4.78 is 5.65. The van der Waals surface area contributed by atoms with E-state index in [1.807, 2.05) is 26.0 Å². The molecule has 0 radical (unpaired) electrons. The Bertz CT molecular complexity index is 967. The highest BCUT2D eigenvalue weighted by molar-refractivity contribution is 6.22. The molecule has 0 aliphatic carbocycles. The van der Waals surface area contributed by atoms with Gasteiger partial charge in [-0.2, -0.15) is 0 Å². The minimum absolute atomic E-state index is 0.255. The Balaban J connectivity index is 1.53. The van der Waals surface area contributed by atoms with Gasteiger partial charge in [-0.05, 0) is 50.1 Å². The first-order valence-corrected chi connectivity index (χ1v) is 9.06. The van der Waals surface area contributed by atoms with Gasteiger partial charge >= 0.3 is 0 Å². The third-order valence-electron chi connectivity index (χ3n) is 4.73. The molecule has 0 saturated carbocycles. The number of hydrazine groups is 1. The van der Waals surface area contributed by atoms with Crippen LogP contribution in [0.2, 0.25) is 0 Å². The van der Waals surface area contributed by atoms with E-state index in [2.05, 4.69) is 10.9 Å². The van der Waals surface area contributed by atoms with E-state index in [1.54, 1.807) is 25.1 Å². The van der Waals surface area contributed by atoms with Gasteiger partial charge in [-0.15, -0.1) is 0 Å². The van der Waals surface area contributed by atoms with E-state index < -0.39 is 36.3 Å². The van der Waals surface area contributed by atoms with Gasteiger partial charge in [-0.3, -0.25) is 34.9 Å². The summed E-state index contributed by atoms with van der Waals surface area (Å²) in [5.41, 5.74) is 6.91. The maximum Gasteiger partial charge on any atom is 0.279 e. The number of fused-ring (bicyclic) bond motifs is 1. The SMILES string of the molecule is Cc1cccc(O[C@H](C)C(=O)NNC(=O)CN2C(=O)c3ccccc3C2=O)c1C. The summed E-state index contributed by atoms with van der Waals surface area (Å²) in [6, 6.07) is 11.9. The largest absolute Gasteiger partial charge is 0.481 e. The van der Waals surface area contributed by atoms with Gasteiger partial charge in [0.1, 0.15) is 12.3 Å². The number of aryl methyl sites for hydroxylation is 1. The van der Waals surface area contributed by atoms with Crippen LogP contribution >= 0.6 is 0 Å². The number of benzene rings is 2. The fourth-order valence-corrected chi connectivity index (χ4v) is 2.89. The Kier molecular flexibility index (Phi) is 5.63. The molecule has 2 N–H and O–H groups in total. The van der Waals surface area contributed by atoms with Crippen molar-refractivity contribution in [2.45, 2.75) is 26.9 Å². The van der Waals surface area contributed by atoms with Gasteiger partial charge in [0.15, 0.2) is 6.10 Å². The van der Waals surface area contributed by atoms with Crippen molar-refractivity contribution in [3.8, 4) is 5.75 Å². The van der Waals surface area contributed by atoms with E-state index in [9.17, 15) is 19.2 Å². The highest BCUT2D eigenvalue weighted by Gasteiger charge is 2.36. The van der Waals surface area contributed by atoms with Crippen molar-refractivity contribution in [1.29, 1.82) is 0 Å². The average molecular weight is 395 g/mol. The fourth-order valence-electron chi connectivity index (χ4n) is 2.89. The average Bonchev–Trinajstić information content (AvgIpc) is 2.94. The second-order valence-corrected chi connectivity index (χ2v) is 6.74. The first-order valence-electron chi connectivity index (χ1n) is 9.06. The fraction of sp³-hybridized carbons (Fsp3) is 0.238. The highest BCUT2D eigenvalue weighted by Crippen LogP contribution is 2.22. The van der Waals surface area contributed by atoms with Crippen LogP contribution in [0, 0.1) is 13.8 Å². The lowest BCUT2D eigenvalue weighted by Gasteiger charge is -2.18. The zero-order chi connectivity index (χ0) is 21.1. The van der Waals surface area contributed by atoms with Crippen LogP contribution in [-0.2, 0) is 9.59 Å². The molecular formula is C21H21N3O5. The van der Waals surface area contributed by atoms with Crippen LogP contribution < -0.4 is 15.6 Å². The zero-order valence-corrected chi connectivity index (χ0v) is 16.3. The summed E-state index contributed by atoms with van der Waals surface area (Å²) >= 11 is 0. The lowest BCUT2D eigenvalue weighted by molar-refractivity contribution is -0.132. The van der Waals surface area contributed by atoms with Gasteiger partial charge < -0.3 is 4.74 Å². The Morgan fingerprint density at radius 1 is 0.966 bits per heavy atom. The molecule has 1 atom stereocenters. The lowest BCUT2D eigenvalue weighted by Crippen LogP contribution is -2.50. The summed E-state index contributed by atoms with van der Waals surface area (Å²) in [5.74, 6) is -1.78. The topological polar surface area (TPSA) is 105 Å². The zero-order valence-electron chi connectivity index (χ0n) is 16.3. The number of carbonyl (C=O) groups excluding carboxylic acids is 4. The van der Waals surface area contributed by atoms with Crippen molar-refractivity contribution in [2.75, 3.05) is 6.54 Å². The van der Waals surface area contributed by atoms with E-state index in [1.165, 1.54) is 12.1 Å². The second kappa shape index (κ2) is 8.14. The van der Waals surface area contributed by atoms with E-state index in [4.69, 9.17) is 4.74 Å². The molecule has 1 heterocycles. The predicted molar refractivity (Wildman–Crippen MR) is 104 cm³/mol. The molecule has 2 aromatic rings. The standard InChI is InChI=1S/C21H21N3O5/c1-12-7-6-10-17(13(12)2)29-14(3)19(26)23-22-18(25)11-24-20(27)15-8-4-5-9-16(15)21(24)28/h4-10,14H,11H2,1-3H3,(H,22,25)(H,23,26)/t14-/m1/s1. The maximum absolute atomic E-state index is 12.3. The number of rotatable bonds is 5. The van der Waals surface area contributed by atoms with Gasteiger partial charge in [-0.1, -0.05) is 24.3 Å². The molecule has 0 spiro atoms. The molecule has 4 amide bonds. The Labute approximate surface area is 167 Å². The second-order valence-electron chi connectivity index (χ2n) is 6.74. The molecular weight excluding hydrogens is 374 g/mol. The molecule has 0 saturated heterocycles. The third kappa shape index (κ3) is 4.11. The molecule has 3 rings (SSSR count). The van der Waals surface area contributed by atoms with Crippen LogP contribution in [0.25, 0.3) is 0 Å². The van der Waals surface area contributed by atoms with Crippen molar-refractivity contribution in [3.63, 3.8) is 0 Å². The minimum Gasteiger partial charge on any atom is -0.481 e. The molecule has 2 aromatic carbocycles. The summed E-state index contributed by atoms with van der Waals surface area (Å²) in [7, 11) is 0. The van der Waals surface area contributed by atoms with Gasteiger partial charge in [0, 0.05) is 0 Å². The van der Waals surface area contributed by atoms with Crippen LogP contribution in [-0.4, -0.2) is 41.2 Å². The maximum atomic E-state index is 12.3. The minimum atomic E-state index is -0.866. The number of hydrogen-bond donors (Lipinski definition) is 2. The summed E-state index contributed by atoms with van der Waals surface area (Å²) in [5, 5.41) is 0. The van der Waals surface area contributed by atoms with Gasteiger partial charge in [0.25, 0.3) is 23.6 Å². The number of amides is 4. The number of carbonyl (C=O) groups is 4. The van der Waals surface area contributed by atoms with Crippen LogP contribution in [0.15, 0.2) is 42.5 Å². The molecule has 0 fully saturated rings. The molecule has 150 valence electrons. The van der Waals surface area contributed by atoms with E-state index in [0.29, 0.717) is 5.75 Å². The molecule has 1 aliphatic rings. The quantitative estimate of drug-likeness (QED) is 0.590. The summed E-state index contributed by atoms with van der Waals surface area (Å²) in [6.07, 6.45) is -0.866. The molecule has 1 aliphatic heterocycles. The van der Waals surface area contributed by atoms with Crippen LogP contribution in [0.1, 0.15) is 38.8 Å². The summed E-state index contributed by atoms with van der Waals surface area (Å²) in [4.78, 5) is 49.7. The van der Waals surface area contributed by atoms with E-state index >= 15 is 0 Å². The molecule has 8 heteroatoms. The Morgan fingerprint density at radius 2 is 1.59 bits per heavy atom. The van der Waals surface area contributed by atoms with Crippen molar-refractivity contribution in [2.24, 2.45) is 0 Å². The van der Waals surface area contributed by atoms with E-state index in [0.717, 1.165) is 16.0 Å². The molecule has 29 heavy (non-hydrogen) atoms. The summed E-state index contributed by atoms with van der Waals surface area (Å²) in [6.45, 7) is 4.87. The third-order valence-corrected chi connectivity index (χ3v) is 4.73. The van der Waals surface area contributed by atoms with Crippen molar-refractivity contribution in [1.82, 2.24) is 15.8 Å². The van der Waals surface area contributed by atoms with Gasteiger partial charge in [-0.25, -0.2) is 0 Å². The van der Waals surface area contributed by atoms with Crippen LogP contribution in [0.3, 0.4) is 0 Å². The Morgan fingerprint density at radius 3 is 2.21 bits per heavy atom. The van der Waals surface area contributed by atoms with Crippen molar-refractivity contribution in [3.05, 3.63) is 64.7 Å². The number of nitrogens with one attached hydrogen (secondary N) is 2. The number of ether oxygens (including phenoxy) is 1. The van der Waals surface area contributed by atoms with Gasteiger partial charge in [0.05, 0.1) is 11.1 Å². The highest BCUT2D eigenvalue weighted by atomic mass is 16.5. The monoisotopic (exact) mass is 395 g/mol. The van der Waals surface area contributed by atoms with Crippen LogP contribution in [0.4, 0.5) is 0 Å². The van der Waals surface area contributed by atoms with Crippen molar-refractivity contribution < 1.29 is 23.9 Å². The first-order chi connectivity index (χ1) is 13.8. The molecule has 0 aromatic heterocycles. The molecule has 0 unspecified atom stereocenters. The molecule has 8 nitrogen and oxygen atoms in total.